The zero-order valence-corrected chi connectivity index (χ0v) is 13.9. The third-order valence-electron chi connectivity index (χ3n) is 4.24. The van der Waals surface area contributed by atoms with Crippen molar-refractivity contribution in [1.82, 2.24) is 15.2 Å². The Labute approximate surface area is 142 Å². The average Bonchev–Trinajstić information content (AvgIpc) is 2.63. The van der Waals surface area contributed by atoms with Gasteiger partial charge in [-0.1, -0.05) is 36.4 Å². The maximum Gasteiger partial charge on any atom is 0.250 e. The second-order valence-electron chi connectivity index (χ2n) is 6.10. The quantitative estimate of drug-likeness (QED) is 0.915. The van der Waals surface area contributed by atoms with Crippen molar-refractivity contribution in [2.24, 2.45) is 0 Å². The van der Waals surface area contributed by atoms with Gasteiger partial charge in [-0.05, 0) is 24.1 Å². The normalized spacial score (nSPS) is 19.6. The highest BCUT2D eigenvalue weighted by Crippen LogP contribution is 2.14. The van der Waals surface area contributed by atoms with Crippen LogP contribution >= 0.6 is 0 Å². The van der Waals surface area contributed by atoms with Gasteiger partial charge < -0.3 is 10.1 Å². The van der Waals surface area contributed by atoms with Gasteiger partial charge in [0.25, 0.3) is 5.91 Å². The second kappa shape index (κ2) is 8.04. The molecule has 0 aliphatic carbocycles. The minimum atomic E-state index is -0.429. The summed E-state index contributed by atoms with van der Waals surface area (Å²) in [4.78, 5) is 18.9. The average molecular weight is 325 g/mol. The van der Waals surface area contributed by atoms with Crippen LogP contribution in [0.4, 0.5) is 0 Å². The molecule has 2 heterocycles. The molecule has 0 spiro atoms. The second-order valence-corrected chi connectivity index (χ2v) is 6.10. The standard InChI is InChI=1S/C19H23N3O2/c1-15(17-8-5-9-20-12-17)21-19(23)18-14-22(10-11-24-18)13-16-6-3-2-4-7-16/h2-9,12,15,18H,10-11,13-14H2,1H3,(H,21,23)/t15-,18-/m0/s1. The summed E-state index contributed by atoms with van der Waals surface area (Å²) in [6, 6.07) is 14.0. The van der Waals surface area contributed by atoms with E-state index in [0.717, 1.165) is 18.7 Å². The van der Waals surface area contributed by atoms with E-state index in [2.05, 4.69) is 27.3 Å². The van der Waals surface area contributed by atoms with Crippen molar-refractivity contribution in [3.05, 3.63) is 66.0 Å². The van der Waals surface area contributed by atoms with Crippen molar-refractivity contribution in [3.63, 3.8) is 0 Å². The van der Waals surface area contributed by atoms with Crippen molar-refractivity contribution >= 4 is 5.91 Å². The Morgan fingerprint density at radius 2 is 2.17 bits per heavy atom. The van der Waals surface area contributed by atoms with E-state index in [0.29, 0.717) is 13.2 Å². The van der Waals surface area contributed by atoms with Gasteiger partial charge in [0, 0.05) is 32.0 Å². The Bertz CT molecular complexity index is 648. The number of pyridine rings is 1. The Kier molecular flexibility index (Phi) is 5.56. The monoisotopic (exact) mass is 325 g/mol. The molecule has 1 aromatic carbocycles. The summed E-state index contributed by atoms with van der Waals surface area (Å²) in [6.45, 7) is 4.83. The molecule has 1 fully saturated rings. The number of ether oxygens (including phenoxy) is 1. The Balaban J connectivity index is 1.55. The number of benzene rings is 1. The highest BCUT2D eigenvalue weighted by Gasteiger charge is 2.27. The van der Waals surface area contributed by atoms with Crippen molar-refractivity contribution in [2.75, 3.05) is 19.7 Å². The first kappa shape index (κ1) is 16.6. The Morgan fingerprint density at radius 3 is 2.92 bits per heavy atom. The molecule has 126 valence electrons. The molecule has 1 saturated heterocycles. The molecule has 5 heteroatoms. The molecule has 24 heavy (non-hydrogen) atoms. The minimum Gasteiger partial charge on any atom is -0.366 e. The van der Waals surface area contributed by atoms with Crippen LogP contribution in [0.25, 0.3) is 0 Å². The number of hydrogen-bond acceptors (Lipinski definition) is 4. The van der Waals surface area contributed by atoms with E-state index in [1.807, 2.05) is 37.3 Å². The number of carbonyl (C=O) groups excluding carboxylic acids is 1. The third kappa shape index (κ3) is 4.40. The molecular formula is C19H23N3O2. The molecule has 1 aliphatic rings. The molecular weight excluding hydrogens is 302 g/mol. The highest BCUT2D eigenvalue weighted by molar-refractivity contribution is 5.81. The lowest BCUT2D eigenvalue weighted by Crippen LogP contribution is -2.49. The van der Waals surface area contributed by atoms with E-state index in [1.165, 1.54) is 5.56 Å². The summed E-state index contributed by atoms with van der Waals surface area (Å²) in [5.41, 5.74) is 2.24. The van der Waals surface area contributed by atoms with Crippen LogP contribution in [0.3, 0.4) is 0 Å². The summed E-state index contributed by atoms with van der Waals surface area (Å²) >= 11 is 0. The number of nitrogens with one attached hydrogen (secondary N) is 1. The van der Waals surface area contributed by atoms with Crippen LogP contribution in [0.15, 0.2) is 54.9 Å². The van der Waals surface area contributed by atoms with E-state index in [4.69, 9.17) is 4.74 Å². The van der Waals surface area contributed by atoms with Crippen LogP contribution in [0.2, 0.25) is 0 Å². The number of amides is 1. The maximum atomic E-state index is 12.5. The van der Waals surface area contributed by atoms with E-state index in [9.17, 15) is 4.79 Å². The fourth-order valence-corrected chi connectivity index (χ4v) is 2.87. The molecule has 1 N–H and O–H groups in total. The summed E-state index contributed by atoms with van der Waals surface area (Å²) in [6.07, 6.45) is 3.07. The van der Waals surface area contributed by atoms with E-state index in [-0.39, 0.29) is 11.9 Å². The van der Waals surface area contributed by atoms with Gasteiger partial charge >= 0.3 is 0 Å². The molecule has 1 aliphatic heterocycles. The van der Waals surface area contributed by atoms with Crippen molar-refractivity contribution in [2.45, 2.75) is 25.6 Å². The first-order chi connectivity index (χ1) is 11.7. The molecule has 2 atom stereocenters. The Hall–Kier alpha value is -2.24. The zero-order valence-electron chi connectivity index (χ0n) is 13.9. The lowest BCUT2D eigenvalue weighted by molar-refractivity contribution is -0.139. The Morgan fingerprint density at radius 1 is 1.33 bits per heavy atom. The van der Waals surface area contributed by atoms with E-state index < -0.39 is 6.10 Å². The van der Waals surface area contributed by atoms with Gasteiger partial charge in [-0.3, -0.25) is 14.7 Å². The van der Waals surface area contributed by atoms with Crippen molar-refractivity contribution in [3.8, 4) is 0 Å². The van der Waals surface area contributed by atoms with Gasteiger partial charge in [0.05, 0.1) is 12.6 Å². The summed E-state index contributed by atoms with van der Waals surface area (Å²) in [7, 11) is 0. The fraction of sp³-hybridized carbons (Fsp3) is 0.368. The van der Waals surface area contributed by atoms with Crippen LogP contribution < -0.4 is 5.32 Å². The van der Waals surface area contributed by atoms with E-state index >= 15 is 0 Å². The van der Waals surface area contributed by atoms with Crippen LogP contribution in [-0.2, 0) is 16.1 Å². The predicted molar refractivity (Wildman–Crippen MR) is 92.3 cm³/mol. The van der Waals surface area contributed by atoms with E-state index in [1.54, 1.807) is 12.4 Å². The van der Waals surface area contributed by atoms with Gasteiger partial charge in [-0.2, -0.15) is 0 Å². The van der Waals surface area contributed by atoms with Crippen molar-refractivity contribution < 1.29 is 9.53 Å². The van der Waals surface area contributed by atoms with Crippen LogP contribution in [0.5, 0.6) is 0 Å². The number of hydrogen-bond donors (Lipinski definition) is 1. The molecule has 0 unspecified atom stereocenters. The predicted octanol–water partition coefficient (Wildman–Crippen LogP) is 2.16. The van der Waals surface area contributed by atoms with Crippen LogP contribution in [-0.4, -0.2) is 41.6 Å². The van der Waals surface area contributed by atoms with Crippen LogP contribution in [0.1, 0.15) is 24.1 Å². The molecule has 2 aromatic rings. The molecule has 0 radical (unpaired) electrons. The molecule has 0 bridgehead atoms. The smallest absolute Gasteiger partial charge is 0.250 e. The lowest BCUT2D eigenvalue weighted by atomic mass is 10.1. The topological polar surface area (TPSA) is 54.5 Å². The SMILES string of the molecule is C[C@H](NC(=O)[C@@H]1CN(Cc2ccccc2)CCO1)c1cccnc1. The summed E-state index contributed by atoms with van der Waals surface area (Å²) < 4.78 is 5.68. The molecule has 5 nitrogen and oxygen atoms in total. The van der Waals surface area contributed by atoms with Gasteiger partial charge in [-0.15, -0.1) is 0 Å². The van der Waals surface area contributed by atoms with Gasteiger partial charge in [-0.25, -0.2) is 0 Å². The van der Waals surface area contributed by atoms with Gasteiger partial charge in [0.2, 0.25) is 0 Å². The number of nitrogens with zero attached hydrogens (tertiary/aromatic N) is 2. The largest absolute Gasteiger partial charge is 0.366 e. The van der Waals surface area contributed by atoms with Gasteiger partial charge in [0.15, 0.2) is 0 Å². The molecule has 3 rings (SSSR count). The summed E-state index contributed by atoms with van der Waals surface area (Å²) in [5, 5.41) is 3.02. The molecule has 1 amide bonds. The molecule has 1 aromatic heterocycles. The maximum absolute atomic E-state index is 12.5. The van der Waals surface area contributed by atoms with Crippen LogP contribution in [0, 0.1) is 0 Å². The zero-order chi connectivity index (χ0) is 16.8. The first-order valence-electron chi connectivity index (χ1n) is 8.30. The highest BCUT2D eigenvalue weighted by atomic mass is 16.5. The third-order valence-corrected chi connectivity index (χ3v) is 4.24. The molecule has 0 saturated carbocycles. The number of morpholine rings is 1. The fourth-order valence-electron chi connectivity index (χ4n) is 2.87. The minimum absolute atomic E-state index is 0.0656. The van der Waals surface area contributed by atoms with Crippen molar-refractivity contribution in [1.29, 1.82) is 0 Å². The summed E-state index contributed by atoms with van der Waals surface area (Å²) in [5.74, 6) is -0.0656. The first-order valence-corrected chi connectivity index (χ1v) is 8.30. The number of rotatable bonds is 5. The lowest BCUT2D eigenvalue weighted by Gasteiger charge is -2.32. The number of carbonyl (C=O) groups is 1. The number of aromatic nitrogens is 1. The van der Waals surface area contributed by atoms with Gasteiger partial charge in [0.1, 0.15) is 6.10 Å².